The summed E-state index contributed by atoms with van der Waals surface area (Å²) in [6.45, 7) is 8.16. The molecule has 1 aromatic heterocycles. The fourth-order valence-electron chi connectivity index (χ4n) is 2.86. The van der Waals surface area contributed by atoms with Crippen LogP contribution in [-0.2, 0) is 6.54 Å². The number of nitrogens with two attached hydrogens (primary N) is 1. The van der Waals surface area contributed by atoms with Gasteiger partial charge in [0.2, 0.25) is 0 Å². The van der Waals surface area contributed by atoms with E-state index in [2.05, 4.69) is 20.8 Å². The van der Waals surface area contributed by atoms with Crippen LogP contribution in [0, 0.1) is 5.92 Å². The minimum absolute atomic E-state index is 0.129. The Bertz CT molecular complexity index is 452. The Morgan fingerprint density at radius 1 is 1.42 bits per heavy atom. The van der Waals surface area contributed by atoms with E-state index < -0.39 is 0 Å². The lowest BCUT2D eigenvalue weighted by atomic mass is 9.95. The molecule has 0 radical (unpaired) electrons. The van der Waals surface area contributed by atoms with Gasteiger partial charge in [0.15, 0.2) is 0 Å². The fraction of sp³-hybridized carbons (Fsp3) is 0.667. The molecule has 2 heterocycles. The summed E-state index contributed by atoms with van der Waals surface area (Å²) in [7, 11) is 0. The smallest absolute Gasteiger partial charge is 0.270 e. The molecule has 1 aromatic rings. The molecule has 1 saturated heterocycles. The van der Waals surface area contributed by atoms with Crippen molar-refractivity contribution >= 4 is 11.6 Å². The van der Waals surface area contributed by atoms with Crippen molar-refractivity contribution in [1.82, 2.24) is 9.47 Å². The first-order valence-electron chi connectivity index (χ1n) is 7.29. The summed E-state index contributed by atoms with van der Waals surface area (Å²) < 4.78 is 1.99. The molecule has 4 nitrogen and oxygen atoms in total. The van der Waals surface area contributed by atoms with Gasteiger partial charge < -0.3 is 15.2 Å². The van der Waals surface area contributed by atoms with E-state index in [1.807, 2.05) is 21.7 Å². The van der Waals surface area contributed by atoms with Crippen molar-refractivity contribution in [3.63, 3.8) is 0 Å². The molecular formula is C15H25N3O. The standard InChI is InChI=1S/C15H25N3O/c1-4-7-17-10-13(16)8-14(17)15(19)18-9-11(2)5-6-12(18)3/h8,10-12H,4-7,9,16H2,1-3H3. The van der Waals surface area contributed by atoms with Gasteiger partial charge in [0.25, 0.3) is 5.91 Å². The van der Waals surface area contributed by atoms with Crippen LogP contribution in [0.15, 0.2) is 12.3 Å². The van der Waals surface area contributed by atoms with Gasteiger partial charge in [0.1, 0.15) is 5.69 Å². The van der Waals surface area contributed by atoms with Gasteiger partial charge in [-0.3, -0.25) is 4.79 Å². The molecule has 0 spiro atoms. The number of nitrogens with zero attached hydrogens (tertiary/aromatic N) is 2. The van der Waals surface area contributed by atoms with Gasteiger partial charge in [-0.1, -0.05) is 13.8 Å². The maximum Gasteiger partial charge on any atom is 0.270 e. The molecule has 106 valence electrons. The van der Waals surface area contributed by atoms with Crippen molar-refractivity contribution in [2.24, 2.45) is 5.92 Å². The third kappa shape index (κ3) is 2.94. The van der Waals surface area contributed by atoms with E-state index in [4.69, 9.17) is 5.73 Å². The van der Waals surface area contributed by atoms with E-state index in [1.165, 1.54) is 6.42 Å². The molecule has 19 heavy (non-hydrogen) atoms. The number of aryl methyl sites for hydroxylation is 1. The third-order valence-corrected chi connectivity index (χ3v) is 3.98. The number of nitrogen functional groups attached to an aromatic ring is 1. The number of carbonyl (C=O) groups excluding carboxylic acids is 1. The zero-order valence-electron chi connectivity index (χ0n) is 12.2. The van der Waals surface area contributed by atoms with Crippen LogP contribution in [0.5, 0.6) is 0 Å². The largest absolute Gasteiger partial charge is 0.397 e. The Morgan fingerprint density at radius 2 is 2.16 bits per heavy atom. The summed E-state index contributed by atoms with van der Waals surface area (Å²) in [6, 6.07) is 2.14. The Hall–Kier alpha value is -1.45. The summed E-state index contributed by atoms with van der Waals surface area (Å²) in [4.78, 5) is 14.7. The van der Waals surface area contributed by atoms with Crippen LogP contribution in [0.4, 0.5) is 5.69 Å². The first-order chi connectivity index (χ1) is 9.02. The van der Waals surface area contributed by atoms with Gasteiger partial charge in [-0.15, -0.1) is 0 Å². The zero-order valence-corrected chi connectivity index (χ0v) is 12.2. The highest BCUT2D eigenvalue weighted by Crippen LogP contribution is 2.24. The molecule has 0 bridgehead atoms. The molecular weight excluding hydrogens is 238 g/mol. The lowest BCUT2D eigenvalue weighted by Gasteiger charge is -2.37. The Balaban J connectivity index is 2.22. The molecule has 0 saturated carbocycles. The molecule has 0 aliphatic carbocycles. The van der Waals surface area contributed by atoms with Crippen LogP contribution < -0.4 is 5.73 Å². The van der Waals surface area contributed by atoms with Crippen LogP contribution in [0.3, 0.4) is 0 Å². The summed E-state index contributed by atoms with van der Waals surface area (Å²) in [5.41, 5.74) is 7.26. The van der Waals surface area contributed by atoms with Gasteiger partial charge in [0.05, 0.1) is 5.69 Å². The molecule has 2 N–H and O–H groups in total. The Kier molecular flexibility index (Phi) is 4.17. The van der Waals surface area contributed by atoms with E-state index in [9.17, 15) is 4.79 Å². The van der Waals surface area contributed by atoms with Crippen molar-refractivity contribution in [2.45, 2.75) is 52.6 Å². The van der Waals surface area contributed by atoms with Crippen LogP contribution in [0.25, 0.3) is 0 Å². The fourth-order valence-corrected chi connectivity index (χ4v) is 2.86. The maximum absolute atomic E-state index is 12.7. The van der Waals surface area contributed by atoms with Gasteiger partial charge in [-0.05, 0) is 38.2 Å². The first-order valence-corrected chi connectivity index (χ1v) is 7.29. The quantitative estimate of drug-likeness (QED) is 0.911. The van der Waals surface area contributed by atoms with Gasteiger partial charge >= 0.3 is 0 Å². The topological polar surface area (TPSA) is 51.3 Å². The van der Waals surface area contributed by atoms with Crippen molar-refractivity contribution in [1.29, 1.82) is 0 Å². The van der Waals surface area contributed by atoms with Crippen molar-refractivity contribution < 1.29 is 4.79 Å². The van der Waals surface area contributed by atoms with Gasteiger partial charge in [-0.25, -0.2) is 0 Å². The minimum atomic E-state index is 0.129. The summed E-state index contributed by atoms with van der Waals surface area (Å²) in [5, 5.41) is 0. The maximum atomic E-state index is 12.7. The number of rotatable bonds is 3. The molecule has 0 aromatic carbocycles. The SMILES string of the molecule is CCCn1cc(N)cc1C(=O)N1CC(C)CCC1C. The highest BCUT2D eigenvalue weighted by Gasteiger charge is 2.29. The average Bonchev–Trinajstić information content (AvgIpc) is 2.73. The van der Waals surface area contributed by atoms with E-state index in [0.717, 1.165) is 31.6 Å². The second-order valence-electron chi connectivity index (χ2n) is 5.84. The van der Waals surface area contributed by atoms with E-state index in [0.29, 0.717) is 17.6 Å². The Morgan fingerprint density at radius 3 is 2.84 bits per heavy atom. The highest BCUT2D eigenvalue weighted by atomic mass is 16.2. The van der Waals surface area contributed by atoms with E-state index >= 15 is 0 Å². The molecule has 1 aliphatic rings. The highest BCUT2D eigenvalue weighted by molar-refractivity contribution is 5.94. The number of anilines is 1. The predicted octanol–water partition coefficient (Wildman–Crippen LogP) is 2.74. The van der Waals surface area contributed by atoms with E-state index in [-0.39, 0.29) is 5.91 Å². The summed E-state index contributed by atoms with van der Waals surface area (Å²) >= 11 is 0. The van der Waals surface area contributed by atoms with Crippen LogP contribution >= 0.6 is 0 Å². The normalized spacial score (nSPS) is 23.6. The molecule has 2 rings (SSSR count). The van der Waals surface area contributed by atoms with Crippen molar-refractivity contribution in [2.75, 3.05) is 12.3 Å². The second kappa shape index (κ2) is 5.68. The van der Waals surface area contributed by atoms with Gasteiger partial charge in [-0.2, -0.15) is 0 Å². The van der Waals surface area contributed by atoms with Crippen LogP contribution in [0.2, 0.25) is 0 Å². The molecule has 2 unspecified atom stereocenters. The molecule has 1 aliphatic heterocycles. The Labute approximate surface area is 115 Å². The number of hydrogen-bond donors (Lipinski definition) is 1. The second-order valence-corrected chi connectivity index (χ2v) is 5.84. The molecule has 2 atom stereocenters. The number of piperidine rings is 1. The average molecular weight is 263 g/mol. The number of aromatic nitrogens is 1. The lowest BCUT2D eigenvalue weighted by Crippen LogP contribution is -2.45. The van der Waals surface area contributed by atoms with Crippen LogP contribution in [-0.4, -0.2) is 28.0 Å². The first kappa shape index (κ1) is 14.0. The number of amides is 1. The summed E-state index contributed by atoms with van der Waals surface area (Å²) in [5.74, 6) is 0.719. The molecule has 1 fully saturated rings. The summed E-state index contributed by atoms with van der Waals surface area (Å²) in [6.07, 6.45) is 5.18. The number of likely N-dealkylation sites (tertiary alicyclic amines) is 1. The van der Waals surface area contributed by atoms with E-state index in [1.54, 1.807) is 0 Å². The minimum Gasteiger partial charge on any atom is -0.397 e. The third-order valence-electron chi connectivity index (χ3n) is 3.98. The zero-order chi connectivity index (χ0) is 14.0. The predicted molar refractivity (Wildman–Crippen MR) is 78.0 cm³/mol. The number of hydrogen-bond acceptors (Lipinski definition) is 2. The molecule has 1 amide bonds. The van der Waals surface area contributed by atoms with Crippen molar-refractivity contribution in [3.8, 4) is 0 Å². The van der Waals surface area contributed by atoms with Crippen molar-refractivity contribution in [3.05, 3.63) is 18.0 Å². The monoisotopic (exact) mass is 263 g/mol. The molecule has 4 heteroatoms. The number of carbonyl (C=O) groups is 1. The lowest BCUT2D eigenvalue weighted by molar-refractivity contribution is 0.0563. The van der Waals surface area contributed by atoms with Crippen LogP contribution in [0.1, 0.15) is 50.5 Å². The van der Waals surface area contributed by atoms with Gasteiger partial charge in [0, 0.05) is 25.3 Å².